The standard InChI is InChI=1S/C64H46O/c1-64(2)59-40-52(54-23-13-24-58-57-22-9-10-25-61(57)65-63(54)58)34-36-55(59)56-37-35-53(41-60(56)64)62(46-30-26-44(27-31-46)50-20-11-18-48(38-50)42-14-5-3-6-15-42)47-32-28-45(29-33-47)51-21-12-19-49(39-51)43-16-7-4-8-17-43/h3-41,62H,1-2H3. The summed E-state index contributed by atoms with van der Waals surface area (Å²) < 4.78 is 6.51. The van der Waals surface area contributed by atoms with E-state index in [1.54, 1.807) is 0 Å². The molecule has 0 N–H and O–H groups in total. The van der Waals surface area contributed by atoms with Gasteiger partial charge in [-0.15, -0.1) is 0 Å². The molecule has 0 atom stereocenters. The Kier molecular flexibility index (Phi) is 9.31. The lowest BCUT2D eigenvalue weighted by molar-refractivity contribution is 0.658. The maximum Gasteiger partial charge on any atom is 0.143 e. The summed E-state index contributed by atoms with van der Waals surface area (Å²) in [7, 11) is 0. The van der Waals surface area contributed by atoms with E-state index >= 15 is 0 Å². The summed E-state index contributed by atoms with van der Waals surface area (Å²) in [6.07, 6.45) is 0. The zero-order valence-electron chi connectivity index (χ0n) is 36.5. The number of rotatable bonds is 8. The average Bonchev–Trinajstić information content (AvgIpc) is 3.86. The molecule has 11 aromatic rings. The lowest BCUT2D eigenvalue weighted by Gasteiger charge is -2.25. The summed E-state index contributed by atoms with van der Waals surface area (Å²) in [6.45, 7) is 4.78. The van der Waals surface area contributed by atoms with E-state index in [0.717, 1.165) is 27.5 Å². The number of furan rings is 1. The smallest absolute Gasteiger partial charge is 0.143 e. The molecule has 0 unspecified atom stereocenters. The van der Waals surface area contributed by atoms with Crippen molar-refractivity contribution < 1.29 is 4.42 Å². The fourth-order valence-electron chi connectivity index (χ4n) is 10.4. The van der Waals surface area contributed by atoms with E-state index in [4.69, 9.17) is 4.42 Å². The molecule has 1 aliphatic rings. The normalized spacial score (nSPS) is 12.7. The Morgan fingerprint density at radius 2 is 0.738 bits per heavy atom. The van der Waals surface area contributed by atoms with Gasteiger partial charge in [-0.05, 0) is 113 Å². The van der Waals surface area contributed by atoms with Crippen LogP contribution in [0.2, 0.25) is 0 Å². The lowest BCUT2D eigenvalue weighted by atomic mass is 9.78. The first kappa shape index (κ1) is 38.7. The van der Waals surface area contributed by atoms with Crippen LogP contribution in [0.5, 0.6) is 0 Å². The number of hydrogen-bond acceptors (Lipinski definition) is 1. The minimum absolute atomic E-state index is 0.0236. The average molecular weight is 831 g/mol. The van der Waals surface area contributed by atoms with E-state index in [-0.39, 0.29) is 11.3 Å². The third kappa shape index (κ3) is 6.80. The van der Waals surface area contributed by atoms with Crippen LogP contribution in [-0.4, -0.2) is 0 Å². The highest BCUT2D eigenvalue weighted by molar-refractivity contribution is 6.09. The molecule has 0 aliphatic heterocycles. The van der Waals surface area contributed by atoms with E-state index < -0.39 is 0 Å². The van der Waals surface area contributed by atoms with Crippen LogP contribution < -0.4 is 0 Å². The highest BCUT2D eigenvalue weighted by Gasteiger charge is 2.36. The summed E-state index contributed by atoms with van der Waals surface area (Å²) in [5.41, 5.74) is 22.8. The summed E-state index contributed by atoms with van der Waals surface area (Å²) >= 11 is 0. The molecule has 0 saturated heterocycles. The van der Waals surface area contributed by atoms with Gasteiger partial charge in [-0.3, -0.25) is 0 Å². The predicted molar refractivity (Wildman–Crippen MR) is 272 cm³/mol. The Morgan fingerprint density at radius 1 is 0.308 bits per heavy atom. The monoisotopic (exact) mass is 830 g/mol. The quantitative estimate of drug-likeness (QED) is 0.139. The first-order valence-electron chi connectivity index (χ1n) is 22.7. The molecule has 1 aliphatic carbocycles. The van der Waals surface area contributed by atoms with Gasteiger partial charge in [0.15, 0.2) is 0 Å². The molecular weight excluding hydrogens is 785 g/mol. The van der Waals surface area contributed by atoms with Gasteiger partial charge < -0.3 is 4.42 Å². The second-order valence-corrected chi connectivity index (χ2v) is 18.0. The maximum atomic E-state index is 6.51. The Labute approximate surface area is 380 Å². The van der Waals surface area contributed by atoms with E-state index in [0.29, 0.717) is 0 Å². The highest BCUT2D eigenvalue weighted by Crippen LogP contribution is 2.51. The number of para-hydroxylation sites is 2. The molecule has 1 heterocycles. The highest BCUT2D eigenvalue weighted by atomic mass is 16.3. The van der Waals surface area contributed by atoms with Crippen LogP contribution in [0, 0.1) is 0 Å². The molecule has 0 radical (unpaired) electrons. The largest absolute Gasteiger partial charge is 0.455 e. The number of fused-ring (bicyclic) bond motifs is 6. The van der Waals surface area contributed by atoms with Crippen molar-refractivity contribution in [2.45, 2.75) is 25.2 Å². The van der Waals surface area contributed by atoms with Gasteiger partial charge in [-0.2, -0.15) is 0 Å². The predicted octanol–water partition coefficient (Wildman–Crippen LogP) is 17.4. The molecule has 0 amide bonds. The van der Waals surface area contributed by atoms with Crippen LogP contribution in [-0.2, 0) is 5.41 Å². The van der Waals surface area contributed by atoms with Gasteiger partial charge >= 0.3 is 0 Å². The maximum absolute atomic E-state index is 6.51. The Bertz CT molecular complexity index is 3410. The molecule has 1 aromatic heterocycles. The molecule has 10 aromatic carbocycles. The van der Waals surface area contributed by atoms with Crippen LogP contribution in [0.25, 0.3) is 88.7 Å². The molecule has 0 saturated carbocycles. The molecule has 1 heteroatoms. The Hall–Kier alpha value is -8.00. The van der Waals surface area contributed by atoms with Crippen molar-refractivity contribution in [2.75, 3.05) is 0 Å². The molecule has 12 rings (SSSR count). The van der Waals surface area contributed by atoms with Crippen LogP contribution >= 0.6 is 0 Å². The Morgan fingerprint density at radius 3 is 1.32 bits per heavy atom. The zero-order valence-corrected chi connectivity index (χ0v) is 36.5. The van der Waals surface area contributed by atoms with Crippen molar-refractivity contribution in [3.63, 3.8) is 0 Å². The van der Waals surface area contributed by atoms with Gasteiger partial charge in [0.05, 0.1) is 0 Å². The second-order valence-electron chi connectivity index (χ2n) is 18.0. The Balaban J connectivity index is 0.930. The lowest BCUT2D eigenvalue weighted by Crippen LogP contribution is -2.16. The van der Waals surface area contributed by atoms with Crippen LogP contribution in [0.1, 0.15) is 47.6 Å². The molecule has 0 bridgehead atoms. The van der Waals surface area contributed by atoms with E-state index in [1.165, 1.54) is 89.0 Å². The summed E-state index contributed by atoms with van der Waals surface area (Å²) in [5, 5.41) is 2.30. The minimum Gasteiger partial charge on any atom is -0.455 e. The fourth-order valence-corrected chi connectivity index (χ4v) is 10.4. The van der Waals surface area contributed by atoms with Crippen molar-refractivity contribution >= 4 is 21.9 Å². The van der Waals surface area contributed by atoms with Crippen LogP contribution in [0.4, 0.5) is 0 Å². The topological polar surface area (TPSA) is 13.1 Å². The van der Waals surface area contributed by atoms with Gasteiger partial charge in [0.1, 0.15) is 11.2 Å². The summed E-state index contributed by atoms with van der Waals surface area (Å²) in [5.74, 6) is 0.0236. The molecule has 308 valence electrons. The SMILES string of the molecule is CC1(C)c2cc(-c3cccc4c3oc3ccccc34)ccc2-c2ccc(C(c3ccc(-c4cccc(-c5ccccc5)c4)cc3)c3ccc(-c4cccc(-c5ccccc5)c4)cc3)cc21. The van der Waals surface area contributed by atoms with Gasteiger partial charge in [-0.25, -0.2) is 0 Å². The third-order valence-electron chi connectivity index (χ3n) is 13.8. The molecular formula is C64H46O. The van der Waals surface area contributed by atoms with Crippen LogP contribution in [0.3, 0.4) is 0 Å². The van der Waals surface area contributed by atoms with E-state index in [1.807, 2.05) is 6.07 Å². The second kappa shape index (κ2) is 15.7. The first-order chi connectivity index (χ1) is 32.0. The minimum atomic E-state index is -0.218. The van der Waals surface area contributed by atoms with E-state index in [2.05, 4.69) is 244 Å². The molecule has 0 fully saturated rings. The summed E-state index contributed by atoms with van der Waals surface area (Å²) in [6, 6.07) is 86.7. The van der Waals surface area contributed by atoms with Crippen molar-refractivity contribution in [3.8, 4) is 66.8 Å². The zero-order chi connectivity index (χ0) is 43.5. The number of hydrogen-bond donors (Lipinski definition) is 0. The van der Waals surface area contributed by atoms with Gasteiger partial charge in [0.2, 0.25) is 0 Å². The molecule has 65 heavy (non-hydrogen) atoms. The van der Waals surface area contributed by atoms with E-state index in [9.17, 15) is 0 Å². The van der Waals surface area contributed by atoms with Crippen molar-refractivity contribution in [3.05, 3.63) is 264 Å². The van der Waals surface area contributed by atoms with Crippen LogP contribution in [0.15, 0.2) is 241 Å². The molecule has 0 spiro atoms. The van der Waals surface area contributed by atoms with Crippen molar-refractivity contribution in [1.29, 1.82) is 0 Å². The van der Waals surface area contributed by atoms with Crippen molar-refractivity contribution in [2.24, 2.45) is 0 Å². The fraction of sp³-hybridized carbons (Fsp3) is 0.0625. The number of benzene rings is 10. The van der Waals surface area contributed by atoms with Gasteiger partial charge in [0.25, 0.3) is 0 Å². The van der Waals surface area contributed by atoms with Crippen molar-refractivity contribution in [1.82, 2.24) is 0 Å². The summed E-state index contributed by atoms with van der Waals surface area (Å²) in [4.78, 5) is 0. The van der Waals surface area contributed by atoms with Gasteiger partial charge in [-0.1, -0.05) is 226 Å². The van der Waals surface area contributed by atoms with Gasteiger partial charge in [0, 0.05) is 27.7 Å². The molecule has 1 nitrogen and oxygen atoms in total. The first-order valence-corrected chi connectivity index (χ1v) is 22.7. The third-order valence-corrected chi connectivity index (χ3v) is 13.8.